The smallest absolute Gasteiger partial charge is 0.256 e. The molecule has 0 aliphatic heterocycles. The predicted molar refractivity (Wildman–Crippen MR) is 58.7 cm³/mol. The van der Waals surface area contributed by atoms with Crippen LogP contribution in [0.3, 0.4) is 0 Å². The fourth-order valence-electron chi connectivity index (χ4n) is 1.15. The van der Waals surface area contributed by atoms with Crippen molar-refractivity contribution in [3.8, 4) is 0 Å². The fourth-order valence-corrected chi connectivity index (χ4v) is 1.95. The summed E-state index contributed by atoms with van der Waals surface area (Å²) in [6.45, 7) is 0.962. The molecule has 14 heavy (non-hydrogen) atoms. The van der Waals surface area contributed by atoms with E-state index in [0.29, 0.717) is 0 Å². The van der Waals surface area contributed by atoms with Crippen LogP contribution in [-0.4, -0.2) is 24.3 Å². The Labute approximate surface area is 86.9 Å². The topological polar surface area (TPSA) is 38.1 Å². The first-order valence-electron chi connectivity index (χ1n) is 4.53. The highest BCUT2D eigenvalue weighted by Gasteiger charge is 2.03. The van der Waals surface area contributed by atoms with Crippen LogP contribution in [0.25, 0.3) is 11.1 Å². The van der Waals surface area contributed by atoms with Crippen molar-refractivity contribution in [1.29, 1.82) is 0 Å². The summed E-state index contributed by atoms with van der Waals surface area (Å²) in [6, 6.07) is 7.81. The van der Waals surface area contributed by atoms with Gasteiger partial charge >= 0.3 is 0 Å². The van der Waals surface area contributed by atoms with Crippen LogP contribution >= 0.6 is 11.8 Å². The zero-order chi connectivity index (χ0) is 9.80. The molecule has 0 amide bonds. The van der Waals surface area contributed by atoms with Crippen molar-refractivity contribution < 1.29 is 4.42 Å². The highest BCUT2D eigenvalue weighted by Crippen LogP contribution is 2.22. The maximum absolute atomic E-state index is 5.54. The number of nitrogens with zero attached hydrogens (tertiary/aromatic N) is 1. The molecule has 1 aromatic carbocycles. The number of hydrogen-bond donors (Lipinski definition) is 1. The van der Waals surface area contributed by atoms with Gasteiger partial charge in [0.2, 0.25) is 0 Å². The van der Waals surface area contributed by atoms with Gasteiger partial charge in [0.25, 0.3) is 5.22 Å². The molecular formula is C10H12N2OS. The summed E-state index contributed by atoms with van der Waals surface area (Å²) in [5, 5.41) is 3.83. The Morgan fingerprint density at radius 3 is 3.07 bits per heavy atom. The molecule has 3 nitrogen and oxygen atoms in total. The van der Waals surface area contributed by atoms with Gasteiger partial charge in [-0.15, -0.1) is 0 Å². The highest BCUT2D eigenvalue weighted by atomic mass is 32.2. The maximum atomic E-state index is 5.54. The molecule has 0 atom stereocenters. The molecule has 0 spiro atoms. The van der Waals surface area contributed by atoms with Gasteiger partial charge in [0, 0.05) is 12.3 Å². The number of fused-ring (bicyclic) bond motifs is 1. The normalized spacial score (nSPS) is 10.9. The molecular weight excluding hydrogens is 196 g/mol. The van der Waals surface area contributed by atoms with E-state index < -0.39 is 0 Å². The largest absolute Gasteiger partial charge is 0.431 e. The van der Waals surface area contributed by atoms with Gasteiger partial charge in [0.1, 0.15) is 5.52 Å². The SMILES string of the molecule is CNCCSc1nc2ccccc2o1. The van der Waals surface area contributed by atoms with E-state index in [4.69, 9.17) is 4.42 Å². The van der Waals surface area contributed by atoms with Gasteiger partial charge in [-0.1, -0.05) is 23.9 Å². The fraction of sp³-hybridized carbons (Fsp3) is 0.300. The van der Waals surface area contributed by atoms with Gasteiger partial charge in [0.15, 0.2) is 5.58 Å². The molecule has 1 N–H and O–H groups in total. The minimum Gasteiger partial charge on any atom is -0.431 e. The van der Waals surface area contributed by atoms with Gasteiger partial charge in [-0.3, -0.25) is 0 Å². The molecule has 2 rings (SSSR count). The number of nitrogens with one attached hydrogen (secondary N) is 1. The Balaban J connectivity index is 2.11. The van der Waals surface area contributed by atoms with Crippen LogP contribution in [0.1, 0.15) is 0 Å². The second kappa shape index (κ2) is 4.48. The Morgan fingerprint density at radius 2 is 2.29 bits per heavy atom. The average Bonchev–Trinajstić information content (AvgIpc) is 2.60. The van der Waals surface area contributed by atoms with E-state index in [0.717, 1.165) is 28.6 Å². The molecule has 0 unspecified atom stereocenters. The monoisotopic (exact) mass is 208 g/mol. The predicted octanol–water partition coefficient (Wildman–Crippen LogP) is 2.14. The Hall–Kier alpha value is -1.00. The third-order valence-corrected chi connectivity index (χ3v) is 2.68. The zero-order valence-corrected chi connectivity index (χ0v) is 8.80. The van der Waals surface area contributed by atoms with Gasteiger partial charge in [-0.05, 0) is 19.2 Å². The van der Waals surface area contributed by atoms with E-state index >= 15 is 0 Å². The number of thioether (sulfide) groups is 1. The number of benzene rings is 1. The molecule has 1 aromatic heterocycles. The van der Waals surface area contributed by atoms with Crippen molar-refractivity contribution in [2.45, 2.75) is 5.22 Å². The molecule has 2 aromatic rings. The summed E-state index contributed by atoms with van der Waals surface area (Å²) < 4.78 is 5.54. The maximum Gasteiger partial charge on any atom is 0.256 e. The first-order valence-corrected chi connectivity index (χ1v) is 5.51. The first kappa shape index (κ1) is 9.55. The van der Waals surface area contributed by atoms with Crippen LogP contribution in [0.15, 0.2) is 33.9 Å². The average molecular weight is 208 g/mol. The standard InChI is InChI=1S/C10H12N2OS/c1-11-6-7-14-10-12-8-4-2-3-5-9(8)13-10/h2-5,11H,6-7H2,1H3. The van der Waals surface area contributed by atoms with E-state index in [1.54, 1.807) is 11.8 Å². The Bertz CT molecular complexity index is 380. The van der Waals surface area contributed by atoms with Crippen LogP contribution < -0.4 is 5.32 Å². The van der Waals surface area contributed by atoms with Crippen LogP contribution in [0.2, 0.25) is 0 Å². The second-order valence-corrected chi connectivity index (χ2v) is 3.95. The van der Waals surface area contributed by atoms with Crippen molar-refractivity contribution in [2.75, 3.05) is 19.3 Å². The zero-order valence-electron chi connectivity index (χ0n) is 7.99. The van der Waals surface area contributed by atoms with E-state index in [-0.39, 0.29) is 0 Å². The second-order valence-electron chi connectivity index (χ2n) is 2.90. The van der Waals surface area contributed by atoms with Crippen molar-refractivity contribution in [3.05, 3.63) is 24.3 Å². The third kappa shape index (κ3) is 2.08. The lowest BCUT2D eigenvalue weighted by Crippen LogP contribution is -2.09. The van der Waals surface area contributed by atoms with Crippen LogP contribution in [-0.2, 0) is 0 Å². The third-order valence-electron chi connectivity index (χ3n) is 1.85. The summed E-state index contributed by atoms with van der Waals surface area (Å²) in [5.41, 5.74) is 1.79. The summed E-state index contributed by atoms with van der Waals surface area (Å²) in [7, 11) is 1.94. The van der Waals surface area contributed by atoms with Gasteiger partial charge in [-0.2, -0.15) is 0 Å². The summed E-state index contributed by atoms with van der Waals surface area (Å²) >= 11 is 1.63. The lowest BCUT2D eigenvalue weighted by atomic mass is 10.3. The molecule has 0 fully saturated rings. The summed E-state index contributed by atoms with van der Waals surface area (Å²) in [5.74, 6) is 0.976. The van der Waals surface area contributed by atoms with E-state index in [1.807, 2.05) is 31.3 Å². The molecule has 1 heterocycles. The van der Waals surface area contributed by atoms with Crippen molar-refractivity contribution in [1.82, 2.24) is 10.3 Å². The number of aromatic nitrogens is 1. The Kier molecular flexibility index (Phi) is 3.06. The molecule has 0 saturated heterocycles. The molecule has 0 aliphatic rings. The number of para-hydroxylation sites is 2. The van der Waals surface area contributed by atoms with E-state index in [2.05, 4.69) is 10.3 Å². The summed E-state index contributed by atoms with van der Waals surface area (Å²) in [6.07, 6.45) is 0. The van der Waals surface area contributed by atoms with Crippen LogP contribution in [0, 0.1) is 0 Å². The number of hydrogen-bond acceptors (Lipinski definition) is 4. The molecule has 4 heteroatoms. The van der Waals surface area contributed by atoms with Crippen molar-refractivity contribution >= 4 is 22.9 Å². The van der Waals surface area contributed by atoms with E-state index in [9.17, 15) is 0 Å². The lowest BCUT2D eigenvalue weighted by Gasteiger charge is -1.93. The molecule has 0 bridgehead atoms. The quantitative estimate of drug-likeness (QED) is 0.617. The minimum atomic E-state index is 0.751. The Morgan fingerprint density at radius 1 is 1.43 bits per heavy atom. The highest BCUT2D eigenvalue weighted by molar-refractivity contribution is 7.99. The van der Waals surface area contributed by atoms with Gasteiger partial charge in [-0.25, -0.2) is 4.98 Å². The van der Waals surface area contributed by atoms with Crippen molar-refractivity contribution in [3.63, 3.8) is 0 Å². The van der Waals surface area contributed by atoms with Crippen LogP contribution in [0.4, 0.5) is 0 Å². The van der Waals surface area contributed by atoms with Crippen molar-refractivity contribution in [2.24, 2.45) is 0 Å². The van der Waals surface area contributed by atoms with E-state index in [1.165, 1.54) is 0 Å². The minimum absolute atomic E-state index is 0.751. The van der Waals surface area contributed by atoms with Crippen LogP contribution in [0.5, 0.6) is 0 Å². The summed E-state index contributed by atoms with van der Waals surface area (Å²) in [4.78, 5) is 4.35. The number of rotatable bonds is 4. The molecule has 0 saturated carbocycles. The molecule has 0 radical (unpaired) electrons. The van der Waals surface area contributed by atoms with Gasteiger partial charge in [0.05, 0.1) is 0 Å². The molecule has 74 valence electrons. The molecule has 0 aliphatic carbocycles. The number of oxazole rings is 1. The lowest BCUT2D eigenvalue weighted by molar-refractivity contribution is 0.489. The van der Waals surface area contributed by atoms with Gasteiger partial charge < -0.3 is 9.73 Å². The first-order chi connectivity index (χ1) is 6.90.